The lowest BCUT2D eigenvalue weighted by atomic mass is 10.0. The predicted octanol–water partition coefficient (Wildman–Crippen LogP) is 2.11. The average molecular weight is 378 g/mol. The number of nitrogens with zero attached hydrogens (tertiary/aromatic N) is 1. The van der Waals surface area contributed by atoms with Gasteiger partial charge in [0.2, 0.25) is 5.91 Å². The number of carboxylic acids is 1. The van der Waals surface area contributed by atoms with Crippen molar-refractivity contribution in [2.24, 2.45) is 5.92 Å². The quantitative estimate of drug-likeness (QED) is 0.582. The van der Waals surface area contributed by atoms with Crippen molar-refractivity contribution in [3.63, 3.8) is 0 Å². The normalized spacial score (nSPS) is 17.2. The van der Waals surface area contributed by atoms with Gasteiger partial charge in [-0.1, -0.05) is 68.2 Å². The van der Waals surface area contributed by atoms with Gasteiger partial charge in [-0.3, -0.25) is 14.5 Å². The van der Waals surface area contributed by atoms with E-state index in [1.54, 1.807) is 19.9 Å². The molecule has 1 fully saturated rings. The van der Waals surface area contributed by atoms with Gasteiger partial charge >= 0.3 is 5.97 Å². The monoisotopic (exact) mass is 378 g/mol. The van der Waals surface area contributed by atoms with Crippen LogP contribution in [0.25, 0.3) is 6.08 Å². The SMILES string of the molecule is CC(C)C(NC(=O)CN1C(=O)/C(=C/c2ccccc2)SC1=S)C(=O)O. The molecule has 2 amide bonds. The van der Waals surface area contributed by atoms with Crippen LogP contribution in [0.4, 0.5) is 0 Å². The lowest BCUT2D eigenvalue weighted by molar-refractivity contribution is -0.143. The lowest BCUT2D eigenvalue weighted by Gasteiger charge is -2.20. The maximum Gasteiger partial charge on any atom is 0.326 e. The summed E-state index contributed by atoms with van der Waals surface area (Å²) in [6, 6.07) is 8.31. The van der Waals surface area contributed by atoms with Crippen molar-refractivity contribution in [3.8, 4) is 0 Å². The number of amides is 2. The average Bonchev–Trinajstić information content (AvgIpc) is 2.80. The molecule has 0 radical (unpaired) electrons. The third-order valence-electron chi connectivity index (χ3n) is 3.52. The molecule has 1 atom stereocenters. The second-order valence-electron chi connectivity index (χ2n) is 5.81. The number of hydrogen-bond acceptors (Lipinski definition) is 5. The first-order chi connectivity index (χ1) is 11.8. The van der Waals surface area contributed by atoms with Gasteiger partial charge in [0.05, 0.1) is 4.91 Å². The fraction of sp³-hybridized carbons (Fsp3) is 0.294. The molecule has 1 aliphatic heterocycles. The lowest BCUT2D eigenvalue weighted by Crippen LogP contribution is -2.48. The van der Waals surface area contributed by atoms with Gasteiger partial charge < -0.3 is 10.4 Å². The zero-order valence-electron chi connectivity index (χ0n) is 13.8. The minimum atomic E-state index is -1.11. The van der Waals surface area contributed by atoms with Crippen LogP contribution in [-0.4, -0.2) is 44.7 Å². The van der Waals surface area contributed by atoms with E-state index in [4.69, 9.17) is 17.3 Å². The highest BCUT2D eigenvalue weighted by Gasteiger charge is 2.34. The molecule has 0 aromatic heterocycles. The van der Waals surface area contributed by atoms with E-state index in [0.717, 1.165) is 17.3 Å². The summed E-state index contributed by atoms with van der Waals surface area (Å²) in [5.74, 6) is -2.30. The van der Waals surface area contributed by atoms with Crippen LogP contribution < -0.4 is 5.32 Å². The number of hydrogen-bond donors (Lipinski definition) is 2. The maximum absolute atomic E-state index is 12.5. The molecule has 0 bridgehead atoms. The molecule has 0 spiro atoms. The molecule has 1 aromatic rings. The third kappa shape index (κ3) is 4.90. The Morgan fingerprint density at radius 3 is 2.52 bits per heavy atom. The number of carbonyl (C=O) groups is 3. The van der Waals surface area contributed by atoms with Crippen molar-refractivity contribution in [2.75, 3.05) is 6.54 Å². The van der Waals surface area contributed by atoms with Crippen molar-refractivity contribution in [2.45, 2.75) is 19.9 Å². The molecule has 132 valence electrons. The largest absolute Gasteiger partial charge is 0.480 e. The van der Waals surface area contributed by atoms with Crippen LogP contribution in [0.2, 0.25) is 0 Å². The van der Waals surface area contributed by atoms with Crippen LogP contribution in [-0.2, 0) is 14.4 Å². The first kappa shape index (κ1) is 19.1. The summed E-state index contributed by atoms with van der Waals surface area (Å²) in [7, 11) is 0. The molecular weight excluding hydrogens is 360 g/mol. The second kappa shape index (κ2) is 8.26. The maximum atomic E-state index is 12.5. The molecule has 6 nitrogen and oxygen atoms in total. The summed E-state index contributed by atoms with van der Waals surface area (Å²) in [6.07, 6.45) is 1.71. The highest BCUT2D eigenvalue weighted by molar-refractivity contribution is 8.26. The summed E-state index contributed by atoms with van der Waals surface area (Å²) in [6.45, 7) is 3.09. The molecule has 25 heavy (non-hydrogen) atoms. The molecule has 1 aromatic carbocycles. The van der Waals surface area contributed by atoms with E-state index < -0.39 is 17.9 Å². The Bertz CT molecular complexity index is 731. The van der Waals surface area contributed by atoms with Gasteiger partial charge in [0, 0.05) is 0 Å². The minimum absolute atomic E-state index is 0.273. The van der Waals surface area contributed by atoms with Gasteiger partial charge in [-0.2, -0.15) is 0 Å². The van der Waals surface area contributed by atoms with Crippen molar-refractivity contribution in [3.05, 3.63) is 40.8 Å². The standard InChI is InChI=1S/C17H18N2O4S2/c1-10(2)14(16(22)23)18-13(20)9-19-15(21)12(25-17(19)24)8-11-6-4-3-5-7-11/h3-8,10,14H,9H2,1-2H3,(H,18,20)(H,22,23)/b12-8-. The van der Waals surface area contributed by atoms with E-state index in [2.05, 4.69) is 5.32 Å². The van der Waals surface area contributed by atoms with Crippen LogP contribution in [0.3, 0.4) is 0 Å². The first-order valence-corrected chi connectivity index (χ1v) is 8.84. The number of benzene rings is 1. The Kier molecular flexibility index (Phi) is 6.33. The molecule has 2 rings (SSSR count). The molecule has 0 aliphatic carbocycles. The molecule has 8 heteroatoms. The fourth-order valence-electron chi connectivity index (χ4n) is 2.21. The predicted molar refractivity (Wildman–Crippen MR) is 101 cm³/mol. The van der Waals surface area contributed by atoms with E-state index >= 15 is 0 Å². The van der Waals surface area contributed by atoms with Gasteiger partial charge in [-0.15, -0.1) is 0 Å². The Morgan fingerprint density at radius 1 is 1.32 bits per heavy atom. The highest BCUT2D eigenvalue weighted by atomic mass is 32.2. The molecule has 0 saturated carbocycles. The molecular formula is C17H18N2O4S2. The van der Waals surface area contributed by atoms with E-state index in [-0.39, 0.29) is 22.7 Å². The molecule has 1 unspecified atom stereocenters. The first-order valence-electron chi connectivity index (χ1n) is 7.62. The molecule has 1 saturated heterocycles. The Labute approximate surface area is 155 Å². The number of carboxylic acid groups (broad SMARTS) is 1. The van der Waals surface area contributed by atoms with Crippen LogP contribution >= 0.6 is 24.0 Å². The van der Waals surface area contributed by atoms with Gasteiger partial charge in [0.25, 0.3) is 5.91 Å². The van der Waals surface area contributed by atoms with E-state index in [1.807, 2.05) is 30.3 Å². The van der Waals surface area contributed by atoms with Crippen molar-refractivity contribution in [1.82, 2.24) is 10.2 Å². The van der Waals surface area contributed by atoms with Gasteiger partial charge in [0.1, 0.15) is 16.9 Å². The van der Waals surface area contributed by atoms with Gasteiger partial charge in [-0.25, -0.2) is 4.79 Å². The van der Waals surface area contributed by atoms with Crippen molar-refractivity contribution >= 4 is 52.2 Å². The summed E-state index contributed by atoms with van der Waals surface area (Å²) < 4.78 is 0.277. The van der Waals surface area contributed by atoms with Crippen LogP contribution in [0.5, 0.6) is 0 Å². The summed E-state index contributed by atoms with van der Waals surface area (Å²) in [5, 5.41) is 11.6. The topological polar surface area (TPSA) is 86.7 Å². The minimum Gasteiger partial charge on any atom is -0.480 e. The fourth-order valence-corrected chi connectivity index (χ4v) is 3.47. The molecule has 2 N–H and O–H groups in total. The van der Waals surface area contributed by atoms with E-state index in [0.29, 0.717) is 4.91 Å². The second-order valence-corrected chi connectivity index (χ2v) is 7.48. The number of thiocarbonyl (C=S) groups is 1. The number of nitrogens with one attached hydrogen (secondary N) is 1. The summed E-state index contributed by atoms with van der Waals surface area (Å²) in [4.78, 5) is 37.4. The molecule has 1 heterocycles. The van der Waals surface area contributed by atoms with Crippen molar-refractivity contribution < 1.29 is 19.5 Å². The zero-order chi connectivity index (χ0) is 18.6. The molecule has 1 aliphatic rings. The van der Waals surface area contributed by atoms with Crippen molar-refractivity contribution in [1.29, 1.82) is 0 Å². The van der Waals surface area contributed by atoms with Gasteiger partial charge in [-0.05, 0) is 17.6 Å². The Hall–Kier alpha value is -2.19. The Morgan fingerprint density at radius 2 is 1.96 bits per heavy atom. The number of aliphatic carboxylic acids is 1. The zero-order valence-corrected chi connectivity index (χ0v) is 15.4. The van der Waals surface area contributed by atoms with Crippen LogP contribution in [0.1, 0.15) is 19.4 Å². The smallest absolute Gasteiger partial charge is 0.326 e. The Balaban J connectivity index is 2.06. The highest BCUT2D eigenvalue weighted by Crippen LogP contribution is 2.32. The van der Waals surface area contributed by atoms with Crippen LogP contribution in [0.15, 0.2) is 35.2 Å². The number of thioether (sulfide) groups is 1. The third-order valence-corrected chi connectivity index (χ3v) is 4.90. The number of carbonyl (C=O) groups excluding carboxylic acids is 2. The summed E-state index contributed by atoms with van der Waals surface area (Å²) in [5.41, 5.74) is 0.859. The summed E-state index contributed by atoms with van der Waals surface area (Å²) >= 11 is 6.30. The van der Waals surface area contributed by atoms with E-state index in [9.17, 15) is 14.4 Å². The number of rotatable bonds is 6. The van der Waals surface area contributed by atoms with Crippen LogP contribution in [0, 0.1) is 5.92 Å². The van der Waals surface area contributed by atoms with E-state index in [1.165, 1.54) is 4.90 Å². The van der Waals surface area contributed by atoms with Gasteiger partial charge in [0.15, 0.2) is 0 Å².